The number of ether oxygens (including phenoxy) is 2. The van der Waals surface area contributed by atoms with Crippen LogP contribution in [0.2, 0.25) is 0 Å². The standard InChI is InChI=1S/C19H15NO4/c1-3-5-12-6-4-7-13-8-15-11(2)23-16-9-14(20(21)22)10-17(18(15)16)24-19(12)13/h3-4,6-11H,1,5H2,2H3/t11-/m1/s1. The van der Waals surface area contributed by atoms with Crippen LogP contribution in [0, 0.1) is 10.1 Å². The van der Waals surface area contributed by atoms with Crippen LogP contribution in [0.15, 0.2) is 43.0 Å². The highest BCUT2D eigenvalue weighted by Crippen LogP contribution is 2.50. The van der Waals surface area contributed by atoms with Crippen LogP contribution in [0.1, 0.15) is 23.6 Å². The first kappa shape index (κ1) is 14.5. The van der Waals surface area contributed by atoms with Crippen LogP contribution in [-0.4, -0.2) is 11.0 Å². The Balaban J connectivity index is 1.98. The molecule has 0 unspecified atom stereocenters. The lowest BCUT2D eigenvalue weighted by atomic mass is 9.99. The fraction of sp³-hybridized carbons (Fsp3) is 0.158. The molecule has 0 saturated carbocycles. The molecule has 0 radical (unpaired) electrons. The number of allylic oxidation sites excluding steroid dienone is 1. The number of fused-ring (bicyclic) bond motifs is 1. The van der Waals surface area contributed by atoms with Gasteiger partial charge in [-0.25, -0.2) is 0 Å². The summed E-state index contributed by atoms with van der Waals surface area (Å²) in [6, 6.07) is 8.84. The second-order valence-corrected chi connectivity index (χ2v) is 5.86. The molecule has 0 fully saturated rings. The van der Waals surface area contributed by atoms with Crippen LogP contribution in [-0.2, 0) is 6.42 Å². The highest BCUT2D eigenvalue weighted by molar-refractivity contribution is 5.94. The average molecular weight is 321 g/mol. The molecule has 2 aromatic carbocycles. The molecule has 0 N–H and O–H groups in total. The predicted molar refractivity (Wildman–Crippen MR) is 91.5 cm³/mol. The molecule has 0 aromatic heterocycles. The van der Waals surface area contributed by atoms with Gasteiger partial charge in [0, 0.05) is 11.1 Å². The second kappa shape index (κ2) is 5.23. The van der Waals surface area contributed by atoms with Gasteiger partial charge in [-0.05, 0) is 25.0 Å². The van der Waals surface area contributed by atoms with E-state index in [2.05, 4.69) is 6.58 Å². The molecule has 5 nitrogen and oxygen atoms in total. The minimum Gasteiger partial charge on any atom is -0.485 e. The first-order valence-corrected chi connectivity index (χ1v) is 7.70. The Morgan fingerprint density at radius 3 is 2.88 bits per heavy atom. The quantitative estimate of drug-likeness (QED) is 0.465. The maximum atomic E-state index is 11.2. The summed E-state index contributed by atoms with van der Waals surface area (Å²) in [4.78, 5) is 10.8. The third kappa shape index (κ3) is 2.09. The Morgan fingerprint density at radius 2 is 2.12 bits per heavy atom. The van der Waals surface area contributed by atoms with E-state index in [1.807, 2.05) is 37.3 Å². The van der Waals surface area contributed by atoms with Gasteiger partial charge in [0.2, 0.25) is 0 Å². The summed E-state index contributed by atoms with van der Waals surface area (Å²) >= 11 is 0. The first-order valence-electron chi connectivity index (χ1n) is 7.70. The number of hydrogen-bond donors (Lipinski definition) is 0. The molecule has 0 spiro atoms. The van der Waals surface area contributed by atoms with Crippen molar-refractivity contribution in [2.45, 2.75) is 19.4 Å². The molecule has 1 atom stereocenters. The maximum Gasteiger partial charge on any atom is 0.276 e. The van der Waals surface area contributed by atoms with E-state index in [0.717, 1.165) is 22.3 Å². The van der Waals surface area contributed by atoms with Gasteiger partial charge in [0.25, 0.3) is 5.69 Å². The van der Waals surface area contributed by atoms with Crippen LogP contribution in [0.3, 0.4) is 0 Å². The molecule has 0 amide bonds. The van der Waals surface area contributed by atoms with E-state index in [9.17, 15) is 10.1 Å². The monoisotopic (exact) mass is 321 g/mol. The summed E-state index contributed by atoms with van der Waals surface area (Å²) in [5.74, 6) is 1.68. The molecule has 5 heteroatoms. The number of benzene rings is 2. The van der Waals surface area contributed by atoms with Gasteiger partial charge >= 0.3 is 0 Å². The summed E-state index contributed by atoms with van der Waals surface area (Å²) in [6.07, 6.45) is 4.33. The average Bonchev–Trinajstić information content (AvgIpc) is 2.75. The molecule has 0 bridgehead atoms. The van der Waals surface area contributed by atoms with Crippen LogP contribution in [0.4, 0.5) is 5.69 Å². The van der Waals surface area contributed by atoms with Gasteiger partial charge in [-0.2, -0.15) is 0 Å². The number of nitrogens with zero attached hydrogens (tertiary/aromatic N) is 1. The third-order valence-corrected chi connectivity index (χ3v) is 4.31. The summed E-state index contributed by atoms with van der Waals surface area (Å²) in [7, 11) is 0. The fourth-order valence-electron chi connectivity index (χ4n) is 3.22. The molecular formula is C19H15NO4. The predicted octanol–water partition coefficient (Wildman–Crippen LogP) is 4.75. The lowest BCUT2D eigenvalue weighted by molar-refractivity contribution is -0.385. The minimum absolute atomic E-state index is 0.0400. The minimum atomic E-state index is -0.433. The van der Waals surface area contributed by atoms with Gasteiger partial charge < -0.3 is 9.47 Å². The number of non-ortho nitro benzene ring substituents is 1. The Bertz CT molecular complexity index is 914. The summed E-state index contributed by atoms with van der Waals surface area (Å²) in [5, 5.41) is 11.2. The van der Waals surface area contributed by atoms with Crippen molar-refractivity contribution in [3.05, 3.63) is 69.8 Å². The molecule has 0 saturated heterocycles. The van der Waals surface area contributed by atoms with Crippen LogP contribution < -0.4 is 9.47 Å². The molecule has 120 valence electrons. The number of nitro benzene ring substituents is 1. The first-order chi connectivity index (χ1) is 11.6. The maximum absolute atomic E-state index is 11.2. The Kier molecular flexibility index (Phi) is 3.16. The van der Waals surface area contributed by atoms with Crippen molar-refractivity contribution in [1.29, 1.82) is 0 Å². The number of rotatable bonds is 3. The topological polar surface area (TPSA) is 61.6 Å². The van der Waals surface area contributed by atoms with Gasteiger partial charge in [-0.15, -0.1) is 6.58 Å². The van der Waals surface area contributed by atoms with Crippen molar-refractivity contribution in [2.24, 2.45) is 0 Å². The summed E-state index contributed by atoms with van der Waals surface area (Å²) in [6.45, 7) is 5.71. The van der Waals surface area contributed by atoms with E-state index in [0.29, 0.717) is 23.7 Å². The molecular weight excluding hydrogens is 306 g/mol. The van der Waals surface area contributed by atoms with E-state index in [1.165, 1.54) is 12.1 Å². The summed E-state index contributed by atoms with van der Waals surface area (Å²) in [5.41, 5.74) is 3.67. The van der Waals surface area contributed by atoms with Gasteiger partial charge in [-0.3, -0.25) is 10.1 Å². The van der Waals surface area contributed by atoms with Gasteiger partial charge in [-0.1, -0.05) is 24.3 Å². The Morgan fingerprint density at radius 1 is 1.33 bits per heavy atom. The van der Waals surface area contributed by atoms with Crippen molar-refractivity contribution in [3.8, 4) is 17.2 Å². The zero-order valence-electron chi connectivity index (χ0n) is 13.1. The number of nitro groups is 1. The lowest BCUT2D eigenvalue weighted by Gasteiger charge is -2.13. The third-order valence-electron chi connectivity index (χ3n) is 4.31. The van der Waals surface area contributed by atoms with E-state index < -0.39 is 4.92 Å². The highest BCUT2D eigenvalue weighted by Gasteiger charge is 2.34. The highest BCUT2D eigenvalue weighted by atomic mass is 16.6. The molecule has 0 aliphatic carbocycles. The van der Waals surface area contributed by atoms with E-state index in [1.54, 1.807) is 0 Å². The Hall–Kier alpha value is -3.08. The van der Waals surface area contributed by atoms with Crippen LogP contribution in [0.25, 0.3) is 11.6 Å². The lowest BCUT2D eigenvalue weighted by Crippen LogP contribution is -2.05. The smallest absolute Gasteiger partial charge is 0.276 e. The fourth-order valence-corrected chi connectivity index (χ4v) is 3.22. The summed E-state index contributed by atoms with van der Waals surface area (Å²) < 4.78 is 11.9. The van der Waals surface area contributed by atoms with E-state index >= 15 is 0 Å². The van der Waals surface area contributed by atoms with E-state index in [4.69, 9.17) is 9.47 Å². The SMILES string of the molecule is C=CCc1cccc2c1Oc1cc([N+](=O)[O-])cc3c1C(=C2)[C@@H](C)O3. The molecule has 2 heterocycles. The van der Waals surface area contributed by atoms with Crippen molar-refractivity contribution in [2.75, 3.05) is 0 Å². The van der Waals surface area contributed by atoms with Crippen LogP contribution >= 0.6 is 0 Å². The molecule has 4 rings (SSSR count). The molecule has 2 aliphatic rings. The zero-order valence-corrected chi connectivity index (χ0v) is 13.1. The normalized spacial score (nSPS) is 16.9. The van der Waals surface area contributed by atoms with Gasteiger partial charge in [0.15, 0.2) is 0 Å². The number of para-hydroxylation sites is 1. The van der Waals surface area contributed by atoms with Crippen molar-refractivity contribution < 1.29 is 14.4 Å². The zero-order chi connectivity index (χ0) is 16.8. The van der Waals surface area contributed by atoms with Gasteiger partial charge in [0.05, 0.1) is 22.6 Å². The number of hydrogen-bond acceptors (Lipinski definition) is 4. The molecule has 2 aromatic rings. The second-order valence-electron chi connectivity index (χ2n) is 5.86. The van der Waals surface area contributed by atoms with Crippen molar-refractivity contribution >= 4 is 17.3 Å². The molecule has 24 heavy (non-hydrogen) atoms. The van der Waals surface area contributed by atoms with Crippen molar-refractivity contribution in [1.82, 2.24) is 0 Å². The van der Waals surface area contributed by atoms with Gasteiger partial charge in [0.1, 0.15) is 23.4 Å². The van der Waals surface area contributed by atoms with Crippen molar-refractivity contribution in [3.63, 3.8) is 0 Å². The van der Waals surface area contributed by atoms with Crippen LogP contribution in [0.5, 0.6) is 17.2 Å². The molecule has 2 aliphatic heterocycles. The van der Waals surface area contributed by atoms with E-state index in [-0.39, 0.29) is 11.8 Å². The Labute approximate surface area is 139 Å². The largest absolute Gasteiger partial charge is 0.485 e.